The predicted octanol–water partition coefficient (Wildman–Crippen LogP) is 3.73. The molecule has 142 valence electrons. The molecule has 2 heterocycles. The van der Waals surface area contributed by atoms with E-state index in [0.29, 0.717) is 36.8 Å². The van der Waals surface area contributed by atoms with E-state index in [9.17, 15) is 9.59 Å². The van der Waals surface area contributed by atoms with Crippen LogP contribution in [0.2, 0.25) is 5.02 Å². The largest absolute Gasteiger partial charge is 0.472 e. The summed E-state index contributed by atoms with van der Waals surface area (Å²) in [4.78, 5) is 29.7. The number of halogens is 1. The molecule has 0 radical (unpaired) electrons. The van der Waals surface area contributed by atoms with Crippen molar-refractivity contribution in [2.45, 2.75) is 31.1 Å². The molecule has 5 nitrogen and oxygen atoms in total. The maximum Gasteiger partial charge on any atom is 0.257 e. The Labute approximate surface area is 163 Å². The fourth-order valence-electron chi connectivity index (χ4n) is 4.12. The highest BCUT2D eigenvalue weighted by Gasteiger charge is 2.47. The molecule has 1 aliphatic carbocycles. The summed E-state index contributed by atoms with van der Waals surface area (Å²) in [5.74, 6) is 0.155. The highest BCUT2D eigenvalue weighted by molar-refractivity contribution is 6.30. The fourth-order valence-corrected chi connectivity index (χ4v) is 4.25. The summed E-state index contributed by atoms with van der Waals surface area (Å²) in [6.07, 6.45) is 6.58. The number of furan rings is 1. The first-order chi connectivity index (χ1) is 13.1. The van der Waals surface area contributed by atoms with Gasteiger partial charge in [0.15, 0.2) is 0 Å². The second-order valence-electron chi connectivity index (χ2n) is 7.39. The standard InChI is InChI=1S/C21H23ClN2O3/c22-18-5-3-17(4-6-18)21(8-1-9-21)20(26)24-11-2-10-23(12-13-24)19(25)16-7-14-27-15-16/h3-7,14-15H,1-2,8-13H2. The zero-order chi connectivity index (χ0) is 18.9. The number of carbonyl (C=O) groups is 2. The zero-order valence-corrected chi connectivity index (χ0v) is 16.0. The SMILES string of the molecule is O=C(c1ccoc1)N1CCCN(C(=O)C2(c3ccc(Cl)cc3)CCC2)CC1. The van der Waals surface area contributed by atoms with E-state index in [1.54, 1.807) is 6.07 Å². The van der Waals surface area contributed by atoms with Gasteiger partial charge in [0.25, 0.3) is 5.91 Å². The van der Waals surface area contributed by atoms with Gasteiger partial charge in [0.2, 0.25) is 5.91 Å². The molecule has 27 heavy (non-hydrogen) atoms. The lowest BCUT2D eigenvalue weighted by Crippen LogP contribution is -2.52. The van der Waals surface area contributed by atoms with Crippen molar-refractivity contribution in [1.82, 2.24) is 9.80 Å². The Morgan fingerprint density at radius 3 is 2.26 bits per heavy atom. The molecule has 0 spiro atoms. The van der Waals surface area contributed by atoms with E-state index in [1.165, 1.54) is 12.5 Å². The van der Waals surface area contributed by atoms with Crippen LogP contribution in [0.4, 0.5) is 0 Å². The van der Waals surface area contributed by atoms with Crippen LogP contribution in [0.15, 0.2) is 47.3 Å². The third kappa shape index (κ3) is 3.36. The van der Waals surface area contributed by atoms with Gasteiger partial charge in [0.05, 0.1) is 17.2 Å². The van der Waals surface area contributed by atoms with Crippen LogP contribution < -0.4 is 0 Å². The molecule has 1 aliphatic heterocycles. The Hall–Kier alpha value is -2.27. The number of nitrogens with zero attached hydrogens (tertiary/aromatic N) is 2. The van der Waals surface area contributed by atoms with Gasteiger partial charge in [-0.3, -0.25) is 9.59 Å². The third-order valence-corrected chi connectivity index (χ3v) is 6.10. The van der Waals surface area contributed by atoms with E-state index in [1.807, 2.05) is 34.1 Å². The maximum atomic E-state index is 13.4. The first-order valence-corrected chi connectivity index (χ1v) is 9.85. The molecule has 0 unspecified atom stereocenters. The van der Waals surface area contributed by atoms with Crippen LogP contribution in [0.3, 0.4) is 0 Å². The van der Waals surface area contributed by atoms with E-state index in [-0.39, 0.29) is 11.8 Å². The minimum atomic E-state index is -0.422. The molecule has 2 aromatic rings. The average Bonchev–Trinajstić information content (AvgIpc) is 3.06. The summed E-state index contributed by atoms with van der Waals surface area (Å²) in [6, 6.07) is 9.36. The van der Waals surface area contributed by atoms with Crippen molar-refractivity contribution in [2.24, 2.45) is 0 Å². The molecule has 1 saturated carbocycles. The molecule has 1 saturated heterocycles. The Kier molecular flexibility index (Phi) is 4.96. The molecule has 4 rings (SSSR count). The monoisotopic (exact) mass is 386 g/mol. The van der Waals surface area contributed by atoms with E-state index >= 15 is 0 Å². The van der Waals surface area contributed by atoms with Crippen LogP contribution in [-0.4, -0.2) is 47.8 Å². The molecule has 0 bridgehead atoms. The van der Waals surface area contributed by atoms with Crippen molar-refractivity contribution in [3.05, 3.63) is 59.0 Å². The number of benzene rings is 1. The van der Waals surface area contributed by atoms with Crippen molar-refractivity contribution in [1.29, 1.82) is 0 Å². The predicted molar refractivity (Wildman–Crippen MR) is 103 cm³/mol. The van der Waals surface area contributed by atoms with Gasteiger partial charge in [0, 0.05) is 31.2 Å². The van der Waals surface area contributed by atoms with Crippen molar-refractivity contribution >= 4 is 23.4 Å². The molecule has 2 aliphatic rings. The van der Waals surface area contributed by atoms with Gasteiger partial charge in [-0.25, -0.2) is 0 Å². The molecule has 1 aromatic heterocycles. The third-order valence-electron chi connectivity index (χ3n) is 5.85. The molecule has 0 atom stereocenters. The van der Waals surface area contributed by atoms with Gasteiger partial charge in [-0.05, 0) is 43.0 Å². The van der Waals surface area contributed by atoms with Crippen molar-refractivity contribution in [3.63, 3.8) is 0 Å². The van der Waals surface area contributed by atoms with Gasteiger partial charge < -0.3 is 14.2 Å². The highest BCUT2D eigenvalue weighted by atomic mass is 35.5. The van der Waals surface area contributed by atoms with Crippen LogP contribution in [0.5, 0.6) is 0 Å². The van der Waals surface area contributed by atoms with Crippen molar-refractivity contribution in [3.8, 4) is 0 Å². The van der Waals surface area contributed by atoms with Gasteiger partial charge in [-0.1, -0.05) is 30.2 Å². The lowest BCUT2D eigenvalue weighted by molar-refractivity contribution is -0.140. The summed E-state index contributed by atoms with van der Waals surface area (Å²) >= 11 is 6.02. The topological polar surface area (TPSA) is 53.8 Å². The Bertz CT molecular complexity index is 812. The summed E-state index contributed by atoms with van der Waals surface area (Å²) in [7, 11) is 0. The smallest absolute Gasteiger partial charge is 0.257 e. The van der Waals surface area contributed by atoms with E-state index < -0.39 is 5.41 Å². The van der Waals surface area contributed by atoms with Gasteiger partial charge in [-0.15, -0.1) is 0 Å². The van der Waals surface area contributed by atoms with Crippen molar-refractivity contribution in [2.75, 3.05) is 26.2 Å². The van der Waals surface area contributed by atoms with Crippen molar-refractivity contribution < 1.29 is 14.0 Å². The van der Waals surface area contributed by atoms with Crippen LogP contribution in [0, 0.1) is 0 Å². The number of rotatable bonds is 3. The molecule has 1 aromatic carbocycles. The zero-order valence-electron chi connectivity index (χ0n) is 15.2. The Morgan fingerprint density at radius 1 is 0.926 bits per heavy atom. The highest BCUT2D eigenvalue weighted by Crippen LogP contribution is 2.45. The van der Waals surface area contributed by atoms with Gasteiger partial charge in [0.1, 0.15) is 6.26 Å². The lowest BCUT2D eigenvalue weighted by Gasteiger charge is -2.44. The van der Waals surface area contributed by atoms with Gasteiger partial charge >= 0.3 is 0 Å². The van der Waals surface area contributed by atoms with Crippen LogP contribution in [0.1, 0.15) is 41.6 Å². The van der Waals surface area contributed by atoms with Crippen LogP contribution >= 0.6 is 11.6 Å². The number of hydrogen-bond donors (Lipinski definition) is 0. The van der Waals surface area contributed by atoms with E-state index in [4.69, 9.17) is 16.0 Å². The fraction of sp³-hybridized carbons (Fsp3) is 0.429. The maximum absolute atomic E-state index is 13.4. The molecular formula is C21H23ClN2O3. The number of hydrogen-bond acceptors (Lipinski definition) is 3. The Morgan fingerprint density at radius 2 is 1.63 bits per heavy atom. The second kappa shape index (κ2) is 7.39. The quantitative estimate of drug-likeness (QED) is 0.807. The summed E-state index contributed by atoms with van der Waals surface area (Å²) in [5.41, 5.74) is 1.19. The van der Waals surface area contributed by atoms with E-state index in [2.05, 4.69) is 0 Å². The molecule has 0 N–H and O–H groups in total. The minimum Gasteiger partial charge on any atom is -0.472 e. The molecule has 2 fully saturated rings. The van der Waals surface area contributed by atoms with Gasteiger partial charge in [-0.2, -0.15) is 0 Å². The molecule has 6 heteroatoms. The average molecular weight is 387 g/mol. The van der Waals surface area contributed by atoms with E-state index in [0.717, 1.165) is 31.2 Å². The summed E-state index contributed by atoms with van der Waals surface area (Å²) in [6.45, 7) is 2.45. The normalized spacial score (nSPS) is 19.3. The van der Waals surface area contributed by atoms with Crippen LogP contribution in [-0.2, 0) is 10.2 Å². The summed E-state index contributed by atoms with van der Waals surface area (Å²) < 4.78 is 5.02. The molecule has 2 amide bonds. The number of amides is 2. The Balaban J connectivity index is 1.47. The second-order valence-corrected chi connectivity index (χ2v) is 7.83. The lowest BCUT2D eigenvalue weighted by atomic mass is 9.63. The molecular weight excluding hydrogens is 364 g/mol. The summed E-state index contributed by atoms with van der Waals surface area (Å²) in [5, 5.41) is 0.684. The number of carbonyl (C=O) groups excluding carboxylic acids is 2. The minimum absolute atomic E-state index is 0.0332. The van der Waals surface area contributed by atoms with Crippen LogP contribution in [0.25, 0.3) is 0 Å². The first-order valence-electron chi connectivity index (χ1n) is 9.47. The first kappa shape index (κ1) is 18.1.